The average Bonchev–Trinajstić information content (AvgIpc) is 1.88. The lowest BCUT2D eigenvalue weighted by Crippen LogP contribution is -1.95. The van der Waals surface area contributed by atoms with Crippen LogP contribution in [0.25, 0.3) is 0 Å². The van der Waals surface area contributed by atoms with Crippen LogP contribution in [0.5, 0.6) is 0 Å². The Morgan fingerprint density at radius 3 is 2.80 bits per heavy atom. The van der Waals surface area contributed by atoms with Crippen molar-refractivity contribution in [2.24, 2.45) is 0 Å². The topological polar surface area (TPSA) is 30.0 Å². The molecule has 0 fully saturated rings. The van der Waals surface area contributed by atoms with Gasteiger partial charge in [-0.3, -0.25) is 9.78 Å². The van der Waals surface area contributed by atoms with Gasteiger partial charge < -0.3 is 0 Å². The lowest BCUT2D eigenvalue weighted by atomic mass is 10.2. The molecule has 0 amide bonds. The molecular formula is C8H8NO. The van der Waals surface area contributed by atoms with Crippen molar-refractivity contribution in [1.82, 2.24) is 4.98 Å². The molecule has 0 aliphatic rings. The standard InChI is InChI=1S/C8H8NO/c1-6-3-4-9-8(5-6)7(2)10/h4-5H,1-2H3. The maximum atomic E-state index is 10.7. The summed E-state index contributed by atoms with van der Waals surface area (Å²) in [6.07, 6.45) is 1.52. The summed E-state index contributed by atoms with van der Waals surface area (Å²) in [5, 5.41) is 0. The lowest BCUT2D eigenvalue weighted by molar-refractivity contribution is 0.101. The number of aryl methyl sites for hydroxylation is 1. The molecule has 0 bridgehead atoms. The van der Waals surface area contributed by atoms with Gasteiger partial charge in [-0.25, -0.2) is 0 Å². The van der Waals surface area contributed by atoms with Crippen molar-refractivity contribution < 1.29 is 4.79 Å². The van der Waals surface area contributed by atoms with Crippen LogP contribution >= 0.6 is 0 Å². The summed E-state index contributed by atoms with van der Waals surface area (Å²) in [5.41, 5.74) is 1.46. The second-order valence-corrected chi connectivity index (χ2v) is 2.17. The molecule has 2 heteroatoms. The molecule has 0 unspecified atom stereocenters. The first-order chi connectivity index (χ1) is 4.70. The maximum absolute atomic E-state index is 10.7. The smallest absolute Gasteiger partial charge is 0.178 e. The number of nitrogens with zero attached hydrogens (tertiary/aromatic N) is 1. The number of pyridine rings is 1. The van der Waals surface area contributed by atoms with E-state index in [-0.39, 0.29) is 5.78 Å². The largest absolute Gasteiger partial charge is 0.293 e. The molecule has 0 atom stereocenters. The molecule has 0 aliphatic heterocycles. The van der Waals surface area contributed by atoms with E-state index in [9.17, 15) is 4.79 Å². The summed E-state index contributed by atoms with van der Waals surface area (Å²) in [5.74, 6) is -0.00269. The van der Waals surface area contributed by atoms with E-state index in [0.29, 0.717) is 5.69 Å². The van der Waals surface area contributed by atoms with Crippen LogP contribution in [0.15, 0.2) is 12.3 Å². The first kappa shape index (κ1) is 6.93. The minimum absolute atomic E-state index is 0.00269. The molecule has 0 aromatic carbocycles. The van der Waals surface area contributed by atoms with Gasteiger partial charge in [-0.05, 0) is 18.6 Å². The number of carbonyl (C=O) groups is 1. The minimum atomic E-state index is -0.00269. The molecule has 2 nitrogen and oxygen atoms in total. The molecule has 1 aromatic heterocycles. The summed E-state index contributed by atoms with van der Waals surface area (Å²) >= 11 is 0. The zero-order chi connectivity index (χ0) is 7.56. The number of ketones is 1. The van der Waals surface area contributed by atoms with Gasteiger partial charge in [-0.15, -0.1) is 0 Å². The molecule has 1 radical (unpaired) electrons. The van der Waals surface area contributed by atoms with E-state index in [1.54, 1.807) is 6.07 Å². The van der Waals surface area contributed by atoms with Crippen LogP contribution in [0.4, 0.5) is 0 Å². The number of aromatic nitrogens is 1. The molecule has 0 saturated heterocycles. The Morgan fingerprint density at radius 2 is 2.40 bits per heavy atom. The Hall–Kier alpha value is -1.18. The Kier molecular flexibility index (Phi) is 1.81. The molecule has 51 valence electrons. The number of carbonyl (C=O) groups excluding carboxylic acids is 1. The Morgan fingerprint density at radius 1 is 1.70 bits per heavy atom. The van der Waals surface area contributed by atoms with Gasteiger partial charge in [0.1, 0.15) is 5.69 Å². The van der Waals surface area contributed by atoms with Crippen molar-refractivity contribution in [2.75, 3.05) is 0 Å². The molecule has 1 rings (SSSR count). The second kappa shape index (κ2) is 2.60. The van der Waals surface area contributed by atoms with Crippen molar-refractivity contribution >= 4 is 5.78 Å². The van der Waals surface area contributed by atoms with Crippen molar-refractivity contribution in [3.63, 3.8) is 0 Å². The van der Waals surface area contributed by atoms with E-state index in [1.165, 1.54) is 13.1 Å². The maximum Gasteiger partial charge on any atom is 0.178 e. The van der Waals surface area contributed by atoms with Crippen LogP contribution < -0.4 is 0 Å². The fourth-order valence-electron chi connectivity index (χ4n) is 0.680. The van der Waals surface area contributed by atoms with Crippen LogP contribution in [0.3, 0.4) is 0 Å². The van der Waals surface area contributed by atoms with Crippen LogP contribution in [0.2, 0.25) is 0 Å². The van der Waals surface area contributed by atoms with Gasteiger partial charge in [0.15, 0.2) is 5.78 Å². The molecule has 0 saturated carbocycles. The van der Waals surface area contributed by atoms with Gasteiger partial charge in [-0.1, -0.05) is 0 Å². The SMILES string of the molecule is CC(=O)c1cc(C)[c]cn1. The van der Waals surface area contributed by atoms with Crippen molar-refractivity contribution in [3.05, 3.63) is 29.6 Å². The Labute approximate surface area is 59.9 Å². The fraction of sp³-hybridized carbons (Fsp3) is 0.250. The third kappa shape index (κ3) is 1.41. The highest BCUT2D eigenvalue weighted by Crippen LogP contribution is 1.98. The van der Waals surface area contributed by atoms with Crippen molar-refractivity contribution in [1.29, 1.82) is 0 Å². The molecular weight excluding hydrogens is 126 g/mol. The molecule has 10 heavy (non-hydrogen) atoms. The van der Waals surface area contributed by atoms with Gasteiger partial charge >= 0.3 is 0 Å². The normalized spacial score (nSPS) is 9.40. The van der Waals surface area contributed by atoms with Crippen LogP contribution in [-0.2, 0) is 0 Å². The van der Waals surface area contributed by atoms with Gasteiger partial charge in [0.2, 0.25) is 0 Å². The summed E-state index contributed by atoms with van der Waals surface area (Å²) in [7, 11) is 0. The zero-order valence-electron chi connectivity index (χ0n) is 6.01. The van der Waals surface area contributed by atoms with E-state index < -0.39 is 0 Å². The van der Waals surface area contributed by atoms with Gasteiger partial charge in [0.05, 0.1) is 0 Å². The fourth-order valence-corrected chi connectivity index (χ4v) is 0.680. The van der Waals surface area contributed by atoms with Crippen molar-refractivity contribution in [2.45, 2.75) is 13.8 Å². The number of Topliss-reactive ketones (excluding diaryl/α,β-unsaturated/α-hetero) is 1. The van der Waals surface area contributed by atoms with Crippen LogP contribution in [0.1, 0.15) is 23.0 Å². The third-order valence-electron chi connectivity index (χ3n) is 1.21. The molecule has 0 aliphatic carbocycles. The molecule has 1 aromatic rings. The summed E-state index contributed by atoms with van der Waals surface area (Å²) in [4.78, 5) is 14.6. The number of rotatable bonds is 1. The highest BCUT2D eigenvalue weighted by molar-refractivity contribution is 5.92. The van der Waals surface area contributed by atoms with Crippen LogP contribution in [-0.4, -0.2) is 10.8 Å². The van der Waals surface area contributed by atoms with Crippen molar-refractivity contribution in [3.8, 4) is 0 Å². The highest BCUT2D eigenvalue weighted by atomic mass is 16.1. The zero-order valence-corrected chi connectivity index (χ0v) is 6.01. The van der Waals surface area contributed by atoms with E-state index >= 15 is 0 Å². The van der Waals surface area contributed by atoms with E-state index in [1.807, 2.05) is 6.92 Å². The monoisotopic (exact) mass is 134 g/mol. The minimum Gasteiger partial charge on any atom is -0.293 e. The summed E-state index contributed by atoms with van der Waals surface area (Å²) < 4.78 is 0. The van der Waals surface area contributed by atoms with Crippen LogP contribution in [0, 0.1) is 13.0 Å². The lowest BCUT2D eigenvalue weighted by Gasteiger charge is -1.93. The van der Waals surface area contributed by atoms with Gasteiger partial charge in [0, 0.05) is 19.2 Å². The average molecular weight is 134 g/mol. The first-order valence-corrected chi connectivity index (χ1v) is 3.05. The first-order valence-electron chi connectivity index (χ1n) is 3.05. The Balaban J connectivity index is 3.07. The predicted molar refractivity (Wildman–Crippen MR) is 37.8 cm³/mol. The van der Waals surface area contributed by atoms with E-state index in [2.05, 4.69) is 11.1 Å². The molecule has 1 heterocycles. The third-order valence-corrected chi connectivity index (χ3v) is 1.21. The molecule has 0 N–H and O–H groups in total. The number of hydrogen-bond acceptors (Lipinski definition) is 2. The quantitative estimate of drug-likeness (QED) is 0.543. The Bertz CT molecular complexity index is 255. The van der Waals surface area contributed by atoms with Gasteiger partial charge in [0.25, 0.3) is 0 Å². The van der Waals surface area contributed by atoms with E-state index in [0.717, 1.165) is 5.56 Å². The summed E-state index contributed by atoms with van der Waals surface area (Å²) in [6, 6.07) is 4.59. The van der Waals surface area contributed by atoms with E-state index in [4.69, 9.17) is 0 Å². The summed E-state index contributed by atoms with van der Waals surface area (Å²) in [6.45, 7) is 3.38. The molecule has 0 spiro atoms. The highest BCUT2D eigenvalue weighted by Gasteiger charge is 1.98. The number of hydrogen-bond donors (Lipinski definition) is 0. The van der Waals surface area contributed by atoms with Gasteiger partial charge in [-0.2, -0.15) is 0 Å². The predicted octanol–water partition coefficient (Wildman–Crippen LogP) is 1.39. The second-order valence-electron chi connectivity index (χ2n) is 2.17.